The summed E-state index contributed by atoms with van der Waals surface area (Å²) in [6, 6.07) is 10.8. The third-order valence-electron chi connectivity index (χ3n) is 6.99. The third kappa shape index (κ3) is 3.19. The molecular weight excluding hydrogens is 410 g/mol. The van der Waals surface area contributed by atoms with E-state index in [2.05, 4.69) is 49.8 Å². The number of thiophene rings is 1. The summed E-state index contributed by atoms with van der Waals surface area (Å²) in [4.78, 5) is 5.96. The lowest BCUT2D eigenvalue weighted by Gasteiger charge is -2.30. The number of pyridine rings is 1. The Morgan fingerprint density at radius 3 is 2.90 bits per heavy atom. The van der Waals surface area contributed by atoms with Gasteiger partial charge in [-0.15, -0.1) is 21.5 Å². The molecule has 2 saturated carbocycles. The Morgan fingerprint density at radius 1 is 1.17 bits per heavy atom. The molecule has 2 aliphatic carbocycles. The van der Waals surface area contributed by atoms with Crippen LogP contribution in [0.3, 0.4) is 0 Å². The second-order valence-electron chi connectivity index (χ2n) is 8.72. The summed E-state index contributed by atoms with van der Waals surface area (Å²) in [6.45, 7) is 2.39. The highest BCUT2D eigenvalue weighted by Crippen LogP contribution is 2.53. The summed E-state index contributed by atoms with van der Waals surface area (Å²) in [7, 11) is 0. The van der Waals surface area contributed by atoms with Crippen LogP contribution in [0.25, 0.3) is 16.3 Å². The van der Waals surface area contributed by atoms with Crippen molar-refractivity contribution in [2.75, 3.05) is 0 Å². The van der Waals surface area contributed by atoms with Crippen molar-refractivity contribution >= 4 is 28.7 Å². The van der Waals surface area contributed by atoms with Crippen LogP contribution in [0, 0.1) is 17.8 Å². The minimum Gasteiger partial charge on any atom is -0.307 e. The molecule has 0 spiro atoms. The van der Waals surface area contributed by atoms with Gasteiger partial charge in [-0.2, -0.15) is 0 Å². The minimum atomic E-state index is 0.427. The summed E-state index contributed by atoms with van der Waals surface area (Å²) < 4.78 is 4.51. The van der Waals surface area contributed by atoms with E-state index in [0.29, 0.717) is 6.04 Å². The first-order valence-electron chi connectivity index (χ1n) is 10.8. The zero-order valence-corrected chi connectivity index (χ0v) is 18.6. The molecule has 4 atom stereocenters. The van der Waals surface area contributed by atoms with Gasteiger partial charge in [0.2, 0.25) is 0 Å². The van der Waals surface area contributed by atoms with E-state index in [4.69, 9.17) is 4.98 Å². The molecule has 2 fully saturated rings. The first-order valence-corrected chi connectivity index (χ1v) is 12.7. The Bertz CT molecular complexity index is 1130. The van der Waals surface area contributed by atoms with E-state index in [0.717, 1.165) is 45.8 Å². The van der Waals surface area contributed by atoms with Gasteiger partial charge in [0.1, 0.15) is 5.65 Å². The van der Waals surface area contributed by atoms with Crippen LogP contribution in [-0.2, 0) is 5.75 Å². The molecule has 0 aliphatic heterocycles. The second-order valence-corrected chi connectivity index (χ2v) is 10.6. The predicted molar refractivity (Wildman–Crippen MR) is 122 cm³/mol. The van der Waals surface area contributed by atoms with Gasteiger partial charge in [0.25, 0.3) is 0 Å². The summed E-state index contributed by atoms with van der Waals surface area (Å²) in [5.74, 6) is 4.39. The molecule has 30 heavy (non-hydrogen) atoms. The fraction of sp³-hybridized carbons (Fsp3) is 0.435. The van der Waals surface area contributed by atoms with E-state index in [9.17, 15) is 0 Å². The van der Waals surface area contributed by atoms with Gasteiger partial charge in [0, 0.05) is 24.2 Å². The molecule has 0 radical (unpaired) electrons. The van der Waals surface area contributed by atoms with Gasteiger partial charge in [-0.25, -0.2) is 4.98 Å². The third-order valence-corrected chi connectivity index (χ3v) is 8.83. The maximum Gasteiger partial charge on any atom is 0.192 e. The van der Waals surface area contributed by atoms with Gasteiger partial charge < -0.3 is 4.40 Å². The molecule has 5 nitrogen and oxygen atoms in total. The molecule has 7 heteroatoms. The summed E-state index contributed by atoms with van der Waals surface area (Å²) >= 11 is 3.51. The van der Waals surface area contributed by atoms with Crippen LogP contribution in [0.1, 0.15) is 44.3 Å². The molecule has 0 saturated heterocycles. The van der Waals surface area contributed by atoms with Crippen LogP contribution in [0.15, 0.2) is 53.3 Å². The van der Waals surface area contributed by atoms with Crippen LogP contribution >= 0.6 is 23.1 Å². The average molecular weight is 436 g/mol. The summed E-state index contributed by atoms with van der Waals surface area (Å²) in [5.41, 5.74) is 2.06. The Balaban J connectivity index is 1.31. The van der Waals surface area contributed by atoms with Gasteiger partial charge in [-0.05, 0) is 67.5 Å². The molecule has 0 aromatic carbocycles. The lowest BCUT2D eigenvalue weighted by molar-refractivity contribution is 0.235. The number of imidazole rings is 1. The number of hydrogen-bond donors (Lipinski definition) is 0. The van der Waals surface area contributed by atoms with E-state index in [-0.39, 0.29) is 0 Å². The zero-order chi connectivity index (χ0) is 20.1. The van der Waals surface area contributed by atoms with Crippen molar-refractivity contribution in [1.82, 2.24) is 24.1 Å². The van der Waals surface area contributed by atoms with Crippen molar-refractivity contribution in [3.05, 3.63) is 53.8 Å². The molecule has 0 N–H and O–H groups in total. The molecule has 0 amide bonds. The van der Waals surface area contributed by atoms with Crippen LogP contribution in [0.4, 0.5) is 0 Å². The van der Waals surface area contributed by atoms with E-state index >= 15 is 0 Å². The van der Waals surface area contributed by atoms with Gasteiger partial charge in [-0.1, -0.05) is 30.3 Å². The molecular formula is C23H25N5S2. The Labute approximate surface area is 184 Å². The lowest BCUT2D eigenvalue weighted by Crippen LogP contribution is -2.23. The highest BCUT2D eigenvalue weighted by molar-refractivity contribution is 7.98. The average Bonchev–Trinajstić information content (AvgIpc) is 3.57. The van der Waals surface area contributed by atoms with Crippen LogP contribution in [0.5, 0.6) is 0 Å². The number of nitrogens with zero attached hydrogens (tertiary/aromatic N) is 5. The summed E-state index contributed by atoms with van der Waals surface area (Å²) in [5, 5.41) is 12.4. The van der Waals surface area contributed by atoms with Gasteiger partial charge >= 0.3 is 0 Å². The first kappa shape index (κ1) is 18.6. The molecule has 154 valence electrons. The predicted octanol–water partition coefficient (Wildman–Crippen LogP) is 5.94. The SMILES string of the molecule is CC(C1CC2CCC1C2)n1c(SCc2cn3ccccc3n2)nnc1-c1cccs1. The molecule has 2 bridgehead atoms. The molecule has 4 aromatic rings. The van der Waals surface area contributed by atoms with Crippen LogP contribution in [0.2, 0.25) is 0 Å². The number of aromatic nitrogens is 5. The quantitative estimate of drug-likeness (QED) is 0.352. The van der Waals surface area contributed by atoms with Crippen molar-refractivity contribution < 1.29 is 0 Å². The maximum absolute atomic E-state index is 4.75. The molecule has 4 unspecified atom stereocenters. The monoisotopic (exact) mass is 435 g/mol. The molecule has 4 aromatic heterocycles. The zero-order valence-electron chi connectivity index (χ0n) is 17.0. The molecule has 4 heterocycles. The molecule has 2 aliphatic rings. The van der Waals surface area contributed by atoms with Crippen LogP contribution in [-0.4, -0.2) is 24.1 Å². The summed E-state index contributed by atoms with van der Waals surface area (Å²) in [6.07, 6.45) is 9.79. The van der Waals surface area contributed by atoms with Crippen molar-refractivity contribution in [2.24, 2.45) is 17.8 Å². The van der Waals surface area contributed by atoms with Crippen molar-refractivity contribution in [3.8, 4) is 10.7 Å². The maximum atomic E-state index is 4.75. The largest absolute Gasteiger partial charge is 0.307 e. The minimum absolute atomic E-state index is 0.427. The van der Waals surface area contributed by atoms with Crippen molar-refractivity contribution in [1.29, 1.82) is 0 Å². The fourth-order valence-corrected chi connectivity index (χ4v) is 7.20. The fourth-order valence-electron chi connectivity index (χ4n) is 5.59. The van der Waals surface area contributed by atoms with Crippen LogP contribution < -0.4 is 0 Å². The smallest absolute Gasteiger partial charge is 0.192 e. The number of fused-ring (bicyclic) bond motifs is 3. The van der Waals surface area contributed by atoms with E-state index in [1.807, 2.05) is 24.4 Å². The lowest BCUT2D eigenvalue weighted by atomic mass is 9.84. The Morgan fingerprint density at radius 2 is 2.13 bits per heavy atom. The normalized spacial score (nSPS) is 24.1. The highest BCUT2D eigenvalue weighted by Gasteiger charge is 2.43. The van der Waals surface area contributed by atoms with Gasteiger partial charge in [-0.3, -0.25) is 4.57 Å². The standard InChI is InChI=1S/C23H25N5S2/c1-15(19-12-16-7-8-17(19)11-16)28-22(20-5-4-10-29-20)25-26-23(28)30-14-18-13-27-9-3-2-6-21(27)24-18/h2-6,9-10,13,15-17,19H,7-8,11-12,14H2,1H3. The van der Waals surface area contributed by atoms with Crippen molar-refractivity contribution in [2.45, 2.75) is 49.6 Å². The van der Waals surface area contributed by atoms with E-state index in [1.54, 1.807) is 23.1 Å². The van der Waals surface area contributed by atoms with Gasteiger partial charge in [0.05, 0.1) is 10.6 Å². The first-order chi connectivity index (χ1) is 14.8. The second kappa shape index (κ2) is 7.54. The number of rotatable bonds is 6. The van der Waals surface area contributed by atoms with E-state index in [1.165, 1.54) is 30.6 Å². The van der Waals surface area contributed by atoms with E-state index < -0.39 is 0 Å². The Hall–Kier alpha value is -2.12. The topological polar surface area (TPSA) is 48.0 Å². The number of thioether (sulfide) groups is 1. The molecule has 6 rings (SSSR count). The van der Waals surface area contributed by atoms with Gasteiger partial charge in [0.15, 0.2) is 11.0 Å². The number of hydrogen-bond acceptors (Lipinski definition) is 5. The highest BCUT2D eigenvalue weighted by atomic mass is 32.2. The Kier molecular flexibility index (Phi) is 4.68. The van der Waals surface area contributed by atoms with Crippen molar-refractivity contribution in [3.63, 3.8) is 0 Å².